The molecule has 1 aromatic carbocycles. The van der Waals surface area contributed by atoms with Gasteiger partial charge in [0.25, 0.3) is 0 Å². The standard InChI is InChI=1S/C14H15NO5S2/c1-9-5-11(21-8-9)7-15-22(18,19)13-4-3-10(14(16)17)6-12(13)20-2/h3-6,8,15H,7H2,1-2H3,(H,16,17). The molecule has 0 radical (unpaired) electrons. The van der Waals surface area contributed by atoms with Gasteiger partial charge in [0.1, 0.15) is 10.6 Å². The van der Waals surface area contributed by atoms with Crippen molar-refractivity contribution in [3.05, 3.63) is 45.6 Å². The van der Waals surface area contributed by atoms with Gasteiger partial charge in [0.05, 0.1) is 12.7 Å². The lowest BCUT2D eigenvalue weighted by Crippen LogP contribution is -2.23. The van der Waals surface area contributed by atoms with Crippen molar-refractivity contribution in [3.8, 4) is 5.75 Å². The molecule has 0 spiro atoms. The fourth-order valence-electron chi connectivity index (χ4n) is 1.85. The zero-order valence-corrected chi connectivity index (χ0v) is 13.6. The van der Waals surface area contributed by atoms with Gasteiger partial charge < -0.3 is 9.84 Å². The molecule has 1 aromatic heterocycles. The average Bonchev–Trinajstić information content (AvgIpc) is 2.90. The number of hydrogen-bond donors (Lipinski definition) is 2. The number of carboxylic acid groups (broad SMARTS) is 1. The van der Waals surface area contributed by atoms with Crippen molar-refractivity contribution in [2.45, 2.75) is 18.4 Å². The second kappa shape index (κ2) is 6.47. The Balaban J connectivity index is 2.26. The molecule has 118 valence electrons. The molecule has 0 aliphatic rings. The van der Waals surface area contributed by atoms with E-state index in [2.05, 4.69) is 4.72 Å². The molecule has 2 rings (SSSR count). The first-order chi connectivity index (χ1) is 10.3. The number of rotatable bonds is 6. The van der Waals surface area contributed by atoms with Crippen LogP contribution in [0.4, 0.5) is 0 Å². The summed E-state index contributed by atoms with van der Waals surface area (Å²) < 4.78 is 32.2. The fraction of sp³-hybridized carbons (Fsp3) is 0.214. The van der Waals surface area contributed by atoms with E-state index < -0.39 is 16.0 Å². The Kier molecular flexibility index (Phi) is 4.84. The van der Waals surface area contributed by atoms with Gasteiger partial charge in [-0.1, -0.05) is 0 Å². The minimum atomic E-state index is -3.80. The van der Waals surface area contributed by atoms with E-state index in [-0.39, 0.29) is 22.8 Å². The number of nitrogens with one attached hydrogen (secondary N) is 1. The first kappa shape index (κ1) is 16.5. The van der Waals surface area contributed by atoms with Crippen molar-refractivity contribution in [1.29, 1.82) is 0 Å². The van der Waals surface area contributed by atoms with Gasteiger partial charge in [0, 0.05) is 11.4 Å². The van der Waals surface area contributed by atoms with Crippen molar-refractivity contribution in [1.82, 2.24) is 4.72 Å². The third-order valence-electron chi connectivity index (χ3n) is 2.92. The van der Waals surface area contributed by atoms with Crippen LogP contribution in [0.3, 0.4) is 0 Å². The molecule has 0 fully saturated rings. The number of methoxy groups -OCH3 is 1. The van der Waals surface area contributed by atoms with Crippen molar-refractivity contribution in [2.75, 3.05) is 7.11 Å². The first-order valence-corrected chi connectivity index (χ1v) is 8.65. The minimum absolute atomic E-state index is 0.00485. The largest absolute Gasteiger partial charge is 0.495 e. The van der Waals surface area contributed by atoms with Gasteiger partial charge in [-0.25, -0.2) is 17.9 Å². The SMILES string of the molecule is COc1cc(C(=O)O)ccc1S(=O)(=O)NCc1cc(C)cs1. The molecule has 0 bridgehead atoms. The second-order valence-electron chi connectivity index (χ2n) is 4.59. The molecule has 0 atom stereocenters. The molecule has 8 heteroatoms. The van der Waals surface area contributed by atoms with Crippen molar-refractivity contribution < 1.29 is 23.1 Å². The topological polar surface area (TPSA) is 92.7 Å². The van der Waals surface area contributed by atoms with Crippen LogP contribution in [0.15, 0.2) is 34.5 Å². The molecular formula is C14H15NO5S2. The lowest BCUT2D eigenvalue weighted by Gasteiger charge is -2.11. The van der Waals surface area contributed by atoms with E-state index in [1.807, 2.05) is 18.4 Å². The highest BCUT2D eigenvalue weighted by atomic mass is 32.2. The molecule has 0 unspecified atom stereocenters. The summed E-state index contributed by atoms with van der Waals surface area (Å²) >= 11 is 1.47. The Morgan fingerprint density at radius 3 is 2.64 bits per heavy atom. The number of carboxylic acids is 1. The number of thiophene rings is 1. The van der Waals surface area contributed by atoms with Gasteiger partial charge in [-0.2, -0.15) is 0 Å². The van der Waals surface area contributed by atoms with Gasteiger partial charge in [-0.15, -0.1) is 11.3 Å². The molecule has 2 aromatic rings. The third-order valence-corrected chi connectivity index (χ3v) is 5.42. The number of sulfonamides is 1. The van der Waals surface area contributed by atoms with E-state index in [9.17, 15) is 13.2 Å². The van der Waals surface area contributed by atoms with Gasteiger partial charge in [0.15, 0.2) is 0 Å². The molecule has 22 heavy (non-hydrogen) atoms. The molecule has 0 aliphatic heterocycles. The van der Waals surface area contributed by atoms with Crippen LogP contribution in [0, 0.1) is 6.92 Å². The number of hydrogen-bond acceptors (Lipinski definition) is 5. The Labute approximate surface area is 132 Å². The van der Waals surface area contributed by atoms with E-state index in [4.69, 9.17) is 9.84 Å². The third kappa shape index (κ3) is 3.65. The highest BCUT2D eigenvalue weighted by Gasteiger charge is 2.21. The van der Waals surface area contributed by atoms with Crippen LogP contribution < -0.4 is 9.46 Å². The normalized spacial score (nSPS) is 11.4. The molecule has 0 saturated heterocycles. The van der Waals surface area contributed by atoms with Crippen LogP contribution in [0.25, 0.3) is 0 Å². The first-order valence-electron chi connectivity index (χ1n) is 6.28. The number of aryl methyl sites for hydroxylation is 1. The molecule has 0 aliphatic carbocycles. The van der Waals surface area contributed by atoms with Gasteiger partial charge in [-0.3, -0.25) is 0 Å². The maximum atomic E-state index is 12.3. The Hall–Kier alpha value is -1.90. The van der Waals surface area contributed by atoms with Crippen LogP contribution in [-0.2, 0) is 16.6 Å². The van der Waals surface area contributed by atoms with Crippen molar-refractivity contribution in [3.63, 3.8) is 0 Å². The van der Waals surface area contributed by atoms with Crippen molar-refractivity contribution in [2.24, 2.45) is 0 Å². The maximum absolute atomic E-state index is 12.3. The summed E-state index contributed by atoms with van der Waals surface area (Å²) in [5.74, 6) is -1.15. The number of aromatic carboxylic acids is 1. The highest BCUT2D eigenvalue weighted by Crippen LogP contribution is 2.25. The van der Waals surface area contributed by atoms with Crippen LogP contribution in [0.1, 0.15) is 20.8 Å². The van der Waals surface area contributed by atoms with Crippen LogP contribution in [0.2, 0.25) is 0 Å². The number of carbonyl (C=O) groups is 1. The quantitative estimate of drug-likeness (QED) is 0.840. The fourth-order valence-corrected chi connectivity index (χ4v) is 3.91. The summed E-state index contributed by atoms with van der Waals surface area (Å²) in [6, 6.07) is 5.54. The lowest BCUT2D eigenvalue weighted by atomic mass is 10.2. The zero-order chi connectivity index (χ0) is 16.3. The van der Waals surface area contributed by atoms with Crippen LogP contribution in [-0.4, -0.2) is 26.6 Å². The average molecular weight is 341 g/mol. The molecule has 6 nitrogen and oxygen atoms in total. The predicted octanol–water partition coefficient (Wildman–Crippen LogP) is 2.24. The summed E-state index contributed by atoms with van der Waals surface area (Å²) in [7, 11) is -2.50. The Morgan fingerprint density at radius 1 is 1.36 bits per heavy atom. The van der Waals surface area contributed by atoms with E-state index in [1.165, 1.54) is 36.6 Å². The smallest absolute Gasteiger partial charge is 0.335 e. The molecule has 0 saturated carbocycles. The van der Waals surface area contributed by atoms with E-state index in [1.54, 1.807) is 0 Å². The van der Waals surface area contributed by atoms with Crippen molar-refractivity contribution >= 4 is 27.3 Å². The second-order valence-corrected chi connectivity index (χ2v) is 7.32. The number of benzene rings is 1. The minimum Gasteiger partial charge on any atom is -0.495 e. The summed E-state index contributed by atoms with van der Waals surface area (Å²) in [6.07, 6.45) is 0. The van der Waals surface area contributed by atoms with Gasteiger partial charge >= 0.3 is 5.97 Å². The van der Waals surface area contributed by atoms with Gasteiger partial charge in [-0.05, 0) is 42.1 Å². The van der Waals surface area contributed by atoms with E-state index in [0.717, 1.165) is 10.4 Å². The van der Waals surface area contributed by atoms with Crippen LogP contribution in [0.5, 0.6) is 5.75 Å². The molecule has 1 heterocycles. The lowest BCUT2D eigenvalue weighted by molar-refractivity contribution is 0.0696. The van der Waals surface area contributed by atoms with Crippen LogP contribution >= 0.6 is 11.3 Å². The highest BCUT2D eigenvalue weighted by molar-refractivity contribution is 7.89. The summed E-state index contributed by atoms with van der Waals surface area (Å²) in [6.45, 7) is 2.10. The molecule has 2 N–H and O–H groups in total. The summed E-state index contributed by atoms with van der Waals surface area (Å²) in [5.41, 5.74) is 1.03. The maximum Gasteiger partial charge on any atom is 0.335 e. The predicted molar refractivity (Wildman–Crippen MR) is 83.0 cm³/mol. The number of ether oxygens (including phenoxy) is 1. The summed E-state index contributed by atoms with van der Waals surface area (Å²) in [5, 5.41) is 10.9. The van der Waals surface area contributed by atoms with E-state index in [0.29, 0.717) is 0 Å². The van der Waals surface area contributed by atoms with E-state index >= 15 is 0 Å². The zero-order valence-electron chi connectivity index (χ0n) is 12.0. The Bertz CT molecular complexity index is 795. The Morgan fingerprint density at radius 2 is 2.09 bits per heavy atom. The monoisotopic (exact) mass is 341 g/mol. The summed E-state index contributed by atoms with van der Waals surface area (Å²) in [4.78, 5) is 11.7. The molecular weight excluding hydrogens is 326 g/mol. The van der Waals surface area contributed by atoms with Gasteiger partial charge in [0.2, 0.25) is 10.0 Å². The molecule has 0 amide bonds.